The van der Waals surface area contributed by atoms with Crippen LogP contribution in [0.15, 0.2) is 72.4 Å². The molecule has 1 N–H and O–H groups in total. The molecule has 1 atom stereocenters. The molecule has 0 radical (unpaired) electrons. The van der Waals surface area contributed by atoms with Gasteiger partial charge in [0.2, 0.25) is 11.8 Å². The molecule has 4 aliphatic rings. The van der Waals surface area contributed by atoms with E-state index in [1.807, 2.05) is 30.4 Å². The number of methoxy groups -OCH3 is 1. The number of ether oxygens (including phenoxy) is 4. The number of rotatable bonds is 7. The smallest absolute Gasteiger partial charge is 0.417 e. The van der Waals surface area contributed by atoms with Crippen molar-refractivity contribution in [1.29, 1.82) is 0 Å². The molecule has 2 fully saturated rings. The van der Waals surface area contributed by atoms with Crippen molar-refractivity contribution in [3.8, 4) is 5.88 Å². The minimum atomic E-state index is -0.436. The van der Waals surface area contributed by atoms with Crippen molar-refractivity contribution >= 4 is 22.8 Å². The van der Waals surface area contributed by atoms with E-state index in [2.05, 4.69) is 26.3 Å². The van der Waals surface area contributed by atoms with E-state index in [9.17, 15) is 4.79 Å². The second kappa shape index (κ2) is 9.54. The fraction of sp³-hybridized carbons (Fsp3) is 0.346. The molecule has 0 bridgehead atoms. The number of nitrogens with one attached hydrogen (secondary N) is 1. The van der Waals surface area contributed by atoms with Gasteiger partial charge >= 0.3 is 6.09 Å². The van der Waals surface area contributed by atoms with E-state index in [1.54, 1.807) is 19.6 Å². The number of cyclic esters (lactones) is 1. The number of fused-ring (bicyclic) bond motifs is 1. The van der Waals surface area contributed by atoms with Gasteiger partial charge in [-0.15, -0.1) is 0 Å². The van der Waals surface area contributed by atoms with Gasteiger partial charge in [-0.05, 0) is 30.5 Å². The second-order valence-electron chi connectivity index (χ2n) is 9.01. The Morgan fingerprint density at radius 1 is 1.19 bits per heavy atom. The predicted molar refractivity (Wildman–Crippen MR) is 132 cm³/mol. The van der Waals surface area contributed by atoms with Crippen LogP contribution in [-0.4, -0.2) is 66.4 Å². The summed E-state index contributed by atoms with van der Waals surface area (Å²) < 4.78 is 22.3. The first kappa shape index (κ1) is 22.4. The Labute approximate surface area is 208 Å². The number of anilines is 1. The van der Waals surface area contributed by atoms with Crippen molar-refractivity contribution in [2.45, 2.75) is 25.0 Å². The van der Waals surface area contributed by atoms with Crippen LogP contribution >= 0.6 is 0 Å². The van der Waals surface area contributed by atoms with Gasteiger partial charge in [0.1, 0.15) is 17.9 Å². The van der Waals surface area contributed by atoms with E-state index in [1.165, 1.54) is 11.2 Å². The Kier molecular flexibility index (Phi) is 5.94. The summed E-state index contributed by atoms with van der Waals surface area (Å²) >= 11 is 0. The van der Waals surface area contributed by atoms with Crippen molar-refractivity contribution in [2.24, 2.45) is 0 Å². The van der Waals surface area contributed by atoms with Crippen molar-refractivity contribution in [2.75, 3.05) is 38.2 Å². The summed E-state index contributed by atoms with van der Waals surface area (Å²) in [5.41, 5.74) is 3.73. The molecule has 0 spiro atoms. The highest BCUT2D eigenvalue weighted by Gasteiger charge is 2.37. The molecule has 3 aliphatic heterocycles. The number of pyridine rings is 2. The summed E-state index contributed by atoms with van der Waals surface area (Å²) in [5, 5.41) is 3.51. The lowest BCUT2D eigenvalue weighted by atomic mass is 10.0. The first-order chi connectivity index (χ1) is 17.7. The van der Waals surface area contributed by atoms with Gasteiger partial charge in [-0.2, -0.15) is 0 Å². The van der Waals surface area contributed by atoms with Gasteiger partial charge in [0, 0.05) is 37.9 Å². The minimum absolute atomic E-state index is 0.279. The lowest BCUT2D eigenvalue weighted by Gasteiger charge is -2.41. The molecule has 0 saturated carbocycles. The highest BCUT2D eigenvalue weighted by molar-refractivity contribution is 5.88. The van der Waals surface area contributed by atoms with E-state index < -0.39 is 6.09 Å². The van der Waals surface area contributed by atoms with E-state index in [-0.39, 0.29) is 12.1 Å². The largest absolute Gasteiger partial charge is 0.481 e. The molecular weight excluding hydrogens is 462 g/mol. The van der Waals surface area contributed by atoms with E-state index >= 15 is 0 Å². The zero-order valence-corrected chi connectivity index (χ0v) is 19.9. The lowest BCUT2D eigenvalue weighted by molar-refractivity contribution is 0.117. The number of allylic oxidation sites excluding steroid dienone is 4. The molecule has 10 heteroatoms. The van der Waals surface area contributed by atoms with E-state index in [0.717, 1.165) is 48.2 Å². The molecule has 36 heavy (non-hydrogen) atoms. The number of aromatic nitrogens is 2. The van der Waals surface area contributed by atoms with Crippen LogP contribution in [0.25, 0.3) is 11.0 Å². The third-order valence-corrected chi connectivity index (χ3v) is 6.63. The quantitative estimate of drug-likeness (QED) is 0.629. The number of hydrogen-bond donors (Lipinski definition) is 1. The summed E-state index contributed by atoms with van der Waals surface area (Å²) in [7, 11) is 1.61. The maximum Gasteiger partial charge on any atom is 0.417 e. The van der Waals surface area contributed by atoms with Gasteiger partial charge in [-0.1, -0.05) is 18.2 Å². The van der Waals surface area contributed by atoms with Crippen LogP contribution in [0.2, 0.25) is 0 Å². The molecule has 186 valence electrons. The lowest BCUT2D eigenvalue weighted by Crippen LogP contribution is -2.59. The van der Waals surface area contributed by atoms with Gasteiger partial charge < -0.3 is 29.2 Å². The van der Waals surface area contributed by atoms with Crippen LogP contribution < -0.4 is 15.0 Å². The fourth-order valence-electron chi connectivity index (χ4n) is 4.66. The first-order valence-corrected chi connectivity index (χ1v) is 12.0. The number of carbonyl (C=O) groups is 1. The number of hydrogen-bond acceptors (Lipinski definition) is 9. The van der Waals surface area contributed by atoms with Gasteiger partial charge in [0.15, 0.2) is 12.0 Å². The Balaban J connectivity index is 1.01. The zero-order valence-electron chi connectivity index (χ0n) is 19.9. The fourth-order valence-corrected chi connectivity index (χ4v) is 4.66. The maximum atomic E-state index is 12.5. The summed E-state index contributed by atoms with van der Waals surface area (Å²) in [4.78, 5) is 25.2. The van der Waals surface area contributed by atoms with Crippen LogP contribution in [-0.2, 0) is 14.2 Å². The predicted octanol–water partition coefficient (Wildman–Crippen LogP) is 3.20. The molecule has 1 amide bonds. The van der Waals surface area contributed by atoms with Crippen molar-refractivity contribution in [3.63, 3.8) is 0 Å². The average molecular weight is 490 g/mol. The van der Waals surface area contributed by atoms with Crippen LogP contribution in [0.3, 0.4) is 0 Å². The van der Waals surface area contributed by atoms with Crippen LogP contribution in [0, 0.1) is 0 Å². The Bertz CT molecular complexity index is 1300. The van der Waals surface area contributed by atoms with Crippen LogP contribution in [0.4, 0.5) is 10.5 Å². The number of nitrogens with zero attached hydrogens (tertiary/aromatic N) is 4. The topological polar surface area (TPSA) is 98.3 Å². The zero-order chi connectivity index (χ0) is 24.5. The average Bonchev–Trinajstić information content (AvgIpc) is 3.28. The summed E-state index contributed by atoms with van der Waals surface area (Å²) in [6, 6.07) is 5.98. The first-order valence-electron chi connectivity index (χ1n) is 12.0. The molecular formula is C26H27N5O5. The molecule has 2 aromatic rings. The standard InChI is InChI=1S/C26H27N5O5/c1-33-23-8-7-20-25(29-23)21(9-10-27-20)30-12-18(13-30)28-11-19-14-31(26(32)35-19)24-16-34-15-22(36-24)17-5-3-2-4-6-17/h2-3,5,7-10,15-16,18-19,28H,4,6,11-14H2,1H3/t19-/m1/s1. The van der Waals surface area contributed by atoms with Gasteiger partial charge in [0.25, 0.3) is 0 Å². The molecule has 0 unspecified atom stereocenters. The van der Waals surface area contributed by atoms with Crippen LogP contribution in [0.1, 0.15) is 12.8 Å². The van der Waals surface area contributed by atoms with Crippen molar-refractivity contribution < 1.29 is 23.7 Å². The monoisotopic (exact) mass is 489 g/mol. The van der Waals surface area contributed by atoms with Gasteiger partial charge in [-0.3, -0.25) is 4.98 Å². The third-order valence-electron chi connectivity index (χ3n) is 6.63. The highest BCUT2D eigenvalue weighted by atomic mass is 16.6. The Hall–Kier alpha value is -4.05. The minimum Gasteiger partial charge on any atom is -0.481 e. The van der Waals surface area contributed by atoms with E-state index in [0.29, 0.717) is 30.6 Å². The highest BCUT2D eigenvalue weighted by Crippen LogP contribution is 2.31. The Morgan fingerprint density at radius 3 is 2.94 bits per heavy atom. The van der Waals surface area contributed by atoms with Crippen molar-refractivity contribution in [1.82, 2.24) is 20.2 Å². The second-order valence-corrected chi connectivity index (χ2v) is 9.01. The maximum absolute atomic E-state index is 12.5. The SMILES string of the molecule is COc1ccc2nccc(N3CC(NC[C@@H]4CN(C5=COC=C(C6=CC=CCC6)O5)C(=O)O4)C3)c2n1. The molecule has 10 nitrogen and oxygen atoms in total. The van der Waals surface area contributed by atoms with Crippen molar-refractivity contribution in [3.05, 3.63) is 72.4 Å². The van der Waals surface area contributed by atoms with Crippen LogP contribution in [0.5, 0.6) is 5.88 Å². The molecule has 2 aromatic heterocycles. The molecule has 5 heterocycles. The molecule has 1 aliphatic carbocycles. The van der Waals surface area contributed by atoms with Gasteiger partial charge in [-0.25, -0.2) is 14.7 Å². The summed E-state index contributed by atoms with van der Waals surface area (Å²) in [6.07, 6.45) is 12.0. The third kappa shape index (κ3) is 4.35. The molecule has 6 rings (SSSR count). The molecule has 0 aromatic carbocycles. The normalized spacial score (nSPS) is 21.8. The number of carbonyl (C=O) groups excluding carboxylic acids is 1. The summed E-state index contributed by atoms with van der Waals surface area (Å²) in [6.45, 7) is 2.59. The Morgan fingerprint density at radius 2 is 2.11 bits per heavy atom. The van der Waals surface area contributed by atoms with Gasteiger partial charge in [0.05, 0.1) is 24.9 Å². The van der Waals surface area contributed by atoms with E-state index in [4.69, 9.17) is 18.9 Å². The summed E-state index contributed by atoms with van der Waals surface area (Å²) in [5.74, 6) is 1.53. The molecule has 2 saturated heterocycles. The number of amides is 1.